The van der Waals surface area contributed by atoms with Gasteiger partial charge in [-0.15, -0.1) is 11.6 Å². The second-order valence-corrected chi connectivity index (χ2v) is 7.05. The van der Waals surface area contributed by atoms with Crippen LogP contribution in [-0.4, -0.2) is 16.8 Å². The zero-order valence-corrected chi connectivity index (χ0v) is 16.5. The summed E-state index contributed by atoms with van der Waals surface area (Å²) in [6.07, 6.45) is 2.33. The van der Waals surface area contributed by atoms with Gasteiger partial charge in [0.15, 0.2) is 0 Å². The average molecular weight is 431 g/mol. The van der Waals surface area contributed by atoms with Crippen LogP contribution >= 0.6 is 11.6 Å². The summed E-state index contributed by atoms with van der Waals surface area (Å²) in [7, 11) is 0. The van der Waals surface area contributed by atoms with E-state index in [4.69, 9.17) is 21.1 Å². The van der Waals surface area contributed by atoms with Crippen LogP contribution in [0, 0.1) is 11.6 Å². The average Bonchev–Trinajstić information content (AvgIpc) is 2.74. The predicted octanol–water partition coefficient (Wildman–Crippen LogP) is 5.40. The van der Waals surface area contributed by atoms with Crippen LogP contribution in [0.5, 0.6) is 17.4 Å². The molecule has 3 aromatic rings. The summed E-state index contributed by atoms with van der Waals surface area (Å²) in [4.78, 5) is 15.4. The van der Waals surface area contributed by atoms with Gasteiger partial charge in [0.2, 0.25) is 11.8 Å². The van der Waals surface area contributed by atoms with Crippen LogP contribution in [0.3, 0.4) is 0 Å². The highest BCUT2D eigenvalue weighted by Gasteiger charge is 2.23. The lowest BCUT2D eigenvalue weighted by molar-refractivity contribution is -0.113. The van der Waals surface area contributed by atoms with E-state index in [0.717, 1.165) is 11.6 Å². The van der Waals surface area contributed by atoms with Crippen molar-refractivity contribution >= 4 is 23.2 Å². The molecule has 1 aromatic heterocycles. The molecule has 0 saturated carbocycles. The number of fused-ring (bicyclic) bond motifs is 1. The maximum Gasteiger partial charge on any atom is 0.239 e. The van der Waals surface area contributed by atoms with E-state index in [1.54, 1.807) is 24.3 Å². The zero-order chi connectivity index (χ0) is 21.1. The number of amides is 1. The zero-order valence-electron chi connectivity index (χ0n) is 15.7. The Morgan fingerprint density at radius 3 is 2.67 bits per heavy atom. The summed E-state index contributed by atoms with van der Waals surface area (Å²) in [5.74, 6) is -0.102. The summed E-state index contributed by atoms with van der Waals surface area (Å²) in [5, 5.41) is 2.60. The highest BCUT2D eigenvalue weighted by atomic mass is 35.5. The van der Waals surface area contributed by atoms with E-state index in [1.807, 2.05) is 6.07 Å². The number of aromatic nitrogens is 1. The molecule has 0 bridgehead atoms. The Morgan fingerprint density at radius 2 is 1.97 bits per heavy atom. The first-order valence-corrected chi connectivity index (χ1v) is 9.79. The van der Waals surface area contributed by atoms with Crippen LogP contribution in [0.2, 0.25) is 0 Å². The number of anilines is 1. The van der Waals surface area contributed by atoms with Gasteiger partial charge in [0.1, 0.15) is 35.1 Å². The summed E-state index contributed by atoms with van der Waals surface area (Å²) in [5.41, 5.74) is 1.93. The summed E-state index contributed by atoms with van der Waals surface area (Å²) >= 11 is 5.46. The number of halogens is 3. The third-order valence-corrected chi connectivity index (χ3v) is 4.84. The van der Waals surface area contributed by atoms with Gasteiger partial charge in [-0.3, -0.25) is 4.79 Å². The summed E-state index contributed by atoms with van der Waals surface area (Å²) in [6, 6.07) is 12.1. The lowest BCUT2D eigenvalue weighted by Crippen LogP contribution is -2.15. The minimum Gasteiger partial charge on any atom is -0.485 e. The van der Waals surface area contributed by atoms with Gasteiger partial charge in [0, 0.05) is 12.1 Å². The van der Waals surface area contributed by atoms with Gasteiger partial charge in [-0.05, 0) is 60.4 Å². The number of aryl methyl sites for hydroxylation is 1. The fourth-order valence-corrected chi connectivity index (χ4v) is 3.32. The van der Waals surface area contributed by atoms with Crippen molar-refractivity contribution in [3.8, 4) is 17.4 Å². The predicted molar refractivity (Wildman–Crippen MR) is 108 cm³/mol. The van der Waals surface area contributed by atoms with Crippen LogP contribution in [0.15, 0.2) is 54.7 Å². The molecule has 2 heterocycles. The molecule has 1 N–H and O–H groups in total. The minimum absolute atomic E-state index is 0.134. The van der Waals surface area contributed by atoms with Gasteiger partial charge < -0.3 is 14.8 Å². The number of nitrogens with zero attached hydrogens (tertiary/aromatic N) is 1. The van der Waals surface area contributed by atoms with Crippen molar-refractivity contribution in [2.45, 2.75) is 18.9 Å². The van der Waals surface area contributed by atoms with Crippen LogP contribution in [-0.2, 0) is 11.2 Å². The molecule has 0 aliphatic carbocycles. The van der Waals surface area contributed by atoms with E-state index in [1.165, 1.54) is 18.3 Å². The maximum atomic E-state index is 13.5. The Bertz CT molecular complexity index is 1060. The molecule has 30 heavy (non-hydrogen) atoms. The summed E-state index contributed by atoms with van der Waals surface area (Å²) < 4.78 is 38.7. The van der Waals surface area contributed by atoms with E-state index >= 15 is 0 Å². The van der Waals surface area contributed by atoms with Crippen molar-refractivity contribution in [2.75, 3.05) is 11.2 Å². The molecule has 1 aliphatic rings. The molecular weight excluding hydrogens is 414 g/mol. The maximum absolute atomic E-state index is 13.5. The Morgan fingerprint density at radius 1 is 1.17 bits per heavy atom. The topological polar surface area (TPSA) is 60.5 Å². The highest BCUT2D eigenvalue weighted by Crippen LogP contribution is 2.37. The van der Waals surface area contributed by atoms with E-state index in [9.17, 15) is 13.6 Å². The van der Waals surface area contributed by atoms with Crippen molar-refractivity contribution in [1.29, 1.82) is 0 Å². The largest absolute Gasteiger partial charge is 0.485 e. The van der Waals surface area contributed by atoms with Crippen LogP contribution in [0.4, 0.5) is 14.5 Å². The molecule has 0 radical (unpaired) electrons. The van der Waals surface area contributed by atoms with E-state index in [-0.39, 0.29) is 11.8 Å². The number of alkyl halides is 1. The molecular formula is C22H17ClF2N2O3. The van der Waals surface area contributed by atoms with Gasteiger partial charge in [-0.1, -0.05) is 0 Å². The van der Waals surface area contributed by atoms with Gasteiger partial charge >= 0.3 is 0 Å². The van der Waals surface area contributed by atoms with Crippen molar-refractivity contribution in [3.05, 3.63) is 77.5 Å². The fourth-order valence-electron chi connectivity index (χ4n) is 3.25. The van der Waals surface area contributed by atoms with E-state index in [2.05, 4.69) is 10.3 Å². The molecule has 2 aromatic carbocycles. The first-order valence-electron chi connectivity index (χ1n) is 9.25. The lowest BCUT2D eigenvalue weighted by Gasteiger charge is -2.26. The molecule has 154 valence electrons. The number of ether oxygens (including phenoxy) is 2. The van der Waals surface area contributed by atoms with Gasteiger partial charge in [-0.25, -0.2) is 13.8 Å². The number of nitrogens with one attached hydrogen (secondary N) is 1. The molecule has 1 amide bonds. The number of rotatable bonds is 5. The van der Waals surface area contributed by atoms with Crippen LogP contribution in [0.25, 0.3) is 0 Å². The van der Waals surface area contributed by atoms with Crippen molar-refractivity contribution < 1.29 is 23.0 Å². The molecule has 4 rings (SSSR count). The minimum atomic E-state index is -0.621. The molecule has 1 aliphatic heterocycles. The number of benzene rings is 2. The first kappa shape index (κ1) is 20.1. The molecule has 0 fully saturated rings. The Hall–Kier alpha value is -3.19. The first-order chi connectivity index (χ1) is 14.5. The number of hydrogen-bond acceptors (Lipinski definition) is 4. The van der Waals surface area contributed by atoms with Crippen molar-refractivity contribution in [2.24, 2.45) is 0 Å². The van der Waals surface area contributed by atoms with Crippen LogP contribution < -0.4 is 14.8 Å². The van der Waals surface area contributed by atoms with Gasteiger partial charge in [-0.2, -0.15) is 0 Å². The number of carbonyl (C=O) groups is 1. The standard InChI is InChI=1S/C22H17ClF2N2O3/c23-11-21(28)27-17-2-6-22(26-12-17)29-18-3-5-19-13(9-18)1-4-20(30-19)14-7-15(24)10-16(25)8-14/h2-3,5-10,12,20H,1,4,11H2,(H,27,28). The molecule has 8 heteroatoms. The molecule has 1 unspecified atom stereocenters. The third kappa shape index (κ3) is 4.68. The Balaban J connectivity index is 1.44. The monoisotopic (exact) mass is 430 g/mol. The number of carbonyl (C=O) groups excluding carboxylic acids is 1. The number of hydrogen-bond donors (Lipinski definition) is 1. The SMILES string of the molecule is O=C(CCl)Nc1ccc(Oc2ccc3c(c2)CCC(c2cc(F)cc(F)c2)O3)nc1. The quantitative estimate of drug-likeness (QED) is 0.551. The lowest BCUT2D eigenvalue weighted by atomic mass is 9.97. The smallest absolute Gasteiger partial charge is 0.239 e. The normalized spacial score (nSPS) is 15.1. The fraction of sp³-hybridized carbons (Fsp3) is 0.182. The van der Waals surface area contributed by atoms with Gasteiger partial charge in [0.05, 0.1) is 11.9 Å². The van der Waals surface area contributed by atoms with Crippen LogP contribution in [0.1, 0.15) is 23.7 Å². The molecule has 0 saturated heterocycles. The molecule has 5 nitrogen and oxygen atoms in total. The van der Waals surface area contributed by atoms with E-state index in [0.29, 0.717) is 41.5 Å². The second-order valence-electron chi connectivity index (χ2n) is 6.79. The van der Waals surface area contributed by atoms with Gasteiger partial charge in [0.25, 0.3) is 0 Å². The molecule has 1 atom stereocenters. The molecule has 0 spiro atoms. The van der Waals surface area contributed by atoms with Crippen molar-refractivity contribution in [3.63, 3.8) is 0 Å². The Labute approximate surface area is 176 Å². The second kappa shape index (κ2) is 8.67. The number of pyridine rings is 1. The summed E-state index contributed by atoms with van der Waals surface area (Å²) in [6.45, 7) is 0. The van der Waals surface area contributed by atoms with E-state index < -0.39 is 17.7 Å². The Kier molecular flexibility index (Phi) is 5.81. The third-order valence-electron chi connectivity index (χ3n) is 4.60. The highest BCUT2D eigenvalue weighted by molar-refractivity contribution is 6.29. The van der Waals surface area contributed by atoms with Crippen molar-refractivity contribution in [1.82, 2.24) is 4.98 Å².